The third-order valence-corrected chi connectivity index (χ3v) is 8.74. The summed E-state index contributed by atoms with van der Waals surface area (Å²) in [7, 11) is 1.62. The van der Waals surface area contributed by atoms with Crippen LogP contribution in [0.25, 0.3) is 32.9 Å². The Labute approximate surface area is 226 Å². The number of ether oxygens (including phenoxy) is 1. The number of nitrogens with one attached hydrogen (secondary N) is 1. The zero-order valence-corrected chi connectivity index (χ0v) is 21.9. The van der Waals surface area contributed by atoms with E-state index >= 15 is 0 Å². The van der Waals surface area contributed by atoms with E-state index in [1.807, 2.05) is 29.0 Å². The summed E-state index contributed by atoms with van der Waals surface area (Å²) in [5.41, 5.74) is 5.83. The Kier molecular flexibility index (Phi) is 5.65. The van der Waals surface area contributed by atoms with E-state index in [-0.39, 0.29) is 17.8 Å². The molecule has 1 N–H and O–H groups in total. The van der Waals surface area contributed by atoms with E-state index in [4.69, 9.17) is 4.74 Å². The molecule has 2 aromatic heterocycles. The second-order valence-electron chi connectivity index (χ2n) is 11.2. The van der Waals surface area contributed by atoms with E-state index in [0.717, 1.165) is 40.4 Å². The van der Waals surface area contributed by atoms with Crippen molar-refractivity contribution in [3.05, 3.63) is 95.9 Å². The Morgan fingerprint density at radius 3 is 2.56 bits per heavy atom. The molecule has 0 atom stereocenters. The standard InChI is InChI=1S/C33H30FN3O2/c1-39-30-12-8-24-17-23(7-11-29(24)36-30)22-5-3-21(4-6-22)20-37-16-13-26-28(34)10-9-27(31(26)37)32(38)35-25-18-33(19-25)14-2-15-33/h3-13,16-17,25H,2,14-15,18-20H2,1H3,(H,35,38). The number of methoxy groups -OCH3 is 1. The second kappa shape index (κ2) is 9.23. The number of hydrogen-bond donors (Lipinski definition) is 1. The van der Waals surface area contributed by atoms with E-state index in [1.165, 1.54) is 25.3 Å². The van der Waals surface area contributed by atoms with Crippen LogP contribution in [0.3, 0.4) is 0 Å². The van der Waals surface area contributed by atoms with Crippen LogP contribution in [0.4, 0.5) is 4.39 Å². The number of halogens is 1. The number of fused-ring (bicyclic) bond motifs is 2. The maximum Gasteiger partial charge on any atom is 0.253 e. The van der Waals surface area contributed by atoms with Crippen molar-refractivity contribution in [3.8, 4) is 17.0 Å². The largest absolute Gasteiger partial charge is 0.481 e. The number of amides is 1. The molecule has 0 unspecified atom stereocenters. The Morgan fingerprint density at radius 2 is 1.82 bits per heavy atom. The number of pyridine rings is 1. The molecule has 2 fully saturated rings. The molecule has 2 saturated carbocycles. The van der Waals surface area contributed by atoms with Gasteiger partial charge in [0.1, 0.15) is 5.82 Å². The van der Waals surface area contributed by atoms with Gasteiger partial charge in [0.2, 0.25) is 5.88 Å². The zero-order chi connectivity index (χ0) is 26.6. The second-order valence-corrected chi connectivity index (χ2v) is 11.2. The smallest absolute Gasteiger partial charge is 0.253 e. The molecule has 1 spiro atoms. The van der Waals surface area contributed by atoms with Crippen LogP contribution < -0.4 is 10.1 Å². The molecule has 0 aliphatic heterocycles. The molecular formula is C33H30FN3O2. The maximum absolute atomic E-state index is 14.7. The van der Waals surface area contributed by atoms with Gasteiger partial charge in [0, 0.05) is 35.6 Å². The van der Waals surface area contributed by atoms with Gasteiger partial charge >= 0.3 is 0 Å². The number of hydrogen-bond acceptors (Lipinski definition) is 3. The first-order chi connectivity index (χ1) is 19.0. The highest BCUT2D eigenvalue weighted by Gasteiger charge is 2.48. The molecule has 1 amide bonds. The molecule has 3 aromatic carbocycles. The van der Waals surface area contributed by atoms with Gasteiger partial charge in [-0.1, -0.05) is 36.8 Å². The highest BCUT2D eigenvalue weighted by molar-refractivity contribution is 6.06. The predicted octanol–water partition coefficient (Wildman–Crippen LogP) is 7.12. The van der Waals surface area contributed by atoms with Crippen LogP contribution in [-0.2, 0) is 6.54 Å². The first kappa shape index (κ1) is 23.9. The van der Waals surface area contributed by atoms with Gasteiger partial charge in [0.15, 0.2) is 0 Å². The molecule has 7 rings (SSSR count). The third kappa shape index (κ3) is 4.24. The number of benzene rings is 3. The van der Waals surface area contributed by atoms with Crippen molar-refractivity contribution < 1.29 is 13.9 Å². The molecule has 0 radical (unpaired) electrons. The number of carbonyl (C=O) groups excluding carboxylic acids is 1. The average molecular weight is 520 g/mol. The predicted molar refractivity (Wildman–Crippen MR) is 152 cm³/mol. The van der Waals surface area contributed by atoms with Crippen LogP contribution in [0.2, 0.25) is 0 Å². The number of rotatable bonds is 6. The third-order valence-electron chi connectivity index (χ3n) is 8.74. The van der Waals surface area contributed by atoms with Gasteiger partial charge < -0.3 is 14.6 Å². The summed E-state index contributed by atoms with van der Waals surface area (Å²) < 4.78 is 21.9. The molecular weight excluding hydrogens is 489 g/mol. The Hall–Kier alpha value is -4.19. The van der Waals surface area contributed by atoms with Crippen molar-refractivity contribution in [1.29, 1.82) is 0 Å². The summed E-state index contributed by atoms with van der Waals surface area (Å²) in [6.45, 7) is 0.543. The fourth-order valence-corrected chi connectivity index (χ4v) is 6.44. The van der Waals surface area contributed by atoms with E-state index in [0.29, 0.717) is 34.3 Å². The van der Waals surface area contributed by atoms with Crippen LogP contribution in [-0.4, -0.2) is 28.6 Å². The molecule has 2 aliphatic rings. The lowest BCUT2D eigenvalue weighted by atomic mass is 9.54. The summed E-state index contributed by atoms with van der Waals surface area (Å²) in [5.74, 6) is 0.178. The van der Waals surface area contributed by atoms with Gasteiger partial charge in [-0.25, -0.2) is 9.37 Å². The molecule has 2 aliphatic carbocycles. The zero-order valence-electron chi connectivity index (χ0n) is 21.9. The minimum atomic E-state index is -0.309. The van der Waals surface area contributed by atoms with E-state index in [1.54, 1.807) is 19.2 Å². The van der Waals surface area contributed by atoms with Crippen molar-refractivity contribution >= 4 is 27.7 Å². The molecule has 39 heavy (non-hydrogen) atoms. The Balaban J connectivity index is 1.12. The van der Waals surface area contributed by atoms with Gasteiger partial charge in [-0.05, 0) is 84.2 Å². The molecule has 2 heterocycles. The van der Waals surface area contributed by atoms with Crippen LogP contribution in [0.1, 0.15) is 48.0 Å². The SMILES string of the molecule is COc1ccc2cc(-c3ccc(Cn4ccc5c(F)ccc(C(=O)NC6CC7(CCC7)C6)c54)cc3)ccc2n1. The summed E-state index contributed by atoms with van der Waals surface area (Å²) in [6, 6.07) is 23.4. The number of aromatic nitrogens is 2. The van der Waals surface area contributed by atoms with Crippen LogP contribution >= 0.6 is 0 Å². The summed E-state index contributed by atoms with van der Waals surface area (Å²) in [5, 5.41) is 4.73. The quantitative estimate of drug-likeness (QED) is 0.260. The average Bonchev–Trinajstić information content (AvgIpc) is 3.33. The van der Waals surface area contributed by atoms with E-state index < -0.39 is 0 Å². The lowest BCUT2D eigenvalue weighted by Crippen LogP contribution is -2.53. The fourth-order valence-electron chi connectivity index (χ4n) is 6.44. The topological polar surface area (TPSA) is 56.1 Å². The minimum absolute atomic E-state index is 0.113. The van der Waals surface area contributed by atoms with Gasteiger partial charge in [0.05, 0.1) is 23.7 Å². The maximum atomic E-state index is 14.7. The summed E-state index contributed by atoms with van der Waals surface area (Å²) >= 11 is 0. The van der Waals surface area contributed by atoms with Crippen molar-refractivity contribution in [2.45, 2.75) is 44.7 Å². The molecule has 5 aromatic rings. The molecule has 5 nitrogen and oxygen atoms in total. The summed E-state index contributed by atoms with van der Waals surface area (Å²) in [4.78, 5) is 17.8. The van der Waals surface area contributed by atoms with Crippen LogP contribution in [0, 0.1) is 11.2 Å². The van der Waals surface area contributed by atoms with Crippen LogP contribution in [0.15, 0.2) is 79.0 Å². The van der Waals surface area contributed by atoms with Crippen molar-refractivity contribution in [2.75, 3.05) is 7.11 Å². The first-order valence-electron chi connectivity index (χ1n) is 13.6. The molecule has 196 valence electrons. The van der Waals surface area contributed by atoms with Gasteiger partial charge in [-0.15, -0.1) is 0 Å². The molecule has 6 heteroatoms. The minimum Gasteiger partial charge on any atom is -0.481 e. The summed E-state index contributed by atoms with van der Waals surface area (Å²) in [6.07, 6.45) is 7.89. The van der Waals surface area contributed by atoms with Crippen molar-refractivity contribution in [3.63, 3.8) is 0 Å². The first-order valence-corrected chi connectivity index (χ1v) is 13.6. The normalized spacial score (nSPS) is 16.3. The molecule has 0 bridgehead atoms. The number of nitrogens with zero attached hydrogens (tertiary/aromatic N) is 2. The lowest BCUT2D eigenvalue weighted by Gasteiger charge is -2.54. The monoisotopic (exact) mass is 519 g/mol. The van der Waals surface area contributed by atoms with Gasteiger partial charge in [0.25, 0.3) is 5.91 Å². The van der Waals surface area contributed by atoms with Gasteiger partial charge in [-0.3, -0.25) is 4.79 Å². The van der Waals surface area contributed by atoms with Gasteiger partial charge in [-0.2, -0.15) is 0 Å². The molecule has 0 saturated heterocycles. The van der Waals surface area contributed by atoms with E-state index in [2.05, 4.69) is 46.7 Å². The van der Waals surface area contributed by atoms with E-state index in [9.17, 15) is 9.18 Å². The number of carbonyl (C=O) groups is 1. The highest BCUT2D eigenvalue weighted by Crippen LogP contribution is 2.55. The fraction of sp³-hybridized carbons (Fsp3) is 0.273. The highest BCUT2D eigenvalue weighted by atomic mass is 19.1. The van der Waals surface area contributed by atoms with Crippen molar-refractivity contribution in [1.82, 2.24) is 14.9 Å². The van der Waals surface area contributed by atoms with Crippen molar-refractivity contribution in [2.24, 2.45) is 5.41 Å². The van der Waals surface area contributed by atoms with Crippen LogP contribution in [0.5, 0.6) is 5.88 Å². The Morgan fingerprint density at radius 1 is 1.03 bits per heavy atom. The lowest BCUT2D eigenvalue weighted by molar-refractivity contribution is -0.000603. The Bertz CT molecular complexity index is 1710.